The Morgan fingerprint density at radius 3 is 2.46 bits per heavy atom. The number of guanidine groups is 1. The number of para-hydroxylation sites is 1. The zero-order valence-corrected chi connectivity index (χ0v) is 16.5. The Labute approximate surface area is 165 Å². The van der Waals surface area contributed by atoms with Crippen molar-refractivity contribution < 1.29 is 9.15 Å². The summed E-state index contributed by atoms with van der Waals surface area (Å²) in [5.41, 5.74) is 3.19. The van der Waals surface area contributed by atoms with Gasteiger partial charge in [0.25, 0.3) is 0 Å². The fraction of sp³-hybridized carbons (Fsp3) is 0.273. The predicted octanol–water partition coefficient (Wildman–Crippen LogP) is 3.74. The second-order valence-corrected chi connectivity index (χ2v) is 6.45. The van der Waals surface area contributed by atoms with Gasteiger partial charge in [-0.1, -0.05) is 42.5 Å². The number of benzene rings is 2. The predicted molar refractivity (Wildman–Crippen MR) is 110 cm³/mol. The van der Waals surface area contributed by atoms with Crippen LogP contribution in [0.15, 0.2) is 64.0 Å². The smallest absolute Gasteiger partial charge is 0.214 e. The van der Waals surface area contributed by atoms with Gasteiger partial charge < -0.3 is 19.8 Å². The number of rotatable bonds is 7. The van der Waals surface area contributed by atoms with Gasteiger partial charge in [-0.05, 0) is 37.1 Å². The lowest BCUT2D eigenvalue weighted by Gasteiger charge is -2.12. The van der Waals surface area contributed by atoms with Crippen molar-refractivity contribution in [1.29, 1.82) is 0 Å². The van der Waals surface area contributed by atoms with E-state index in [1.54, 1.807) is 7.05 Å². The highest BCUT2D eigenvalue weighted by atomic mass is 16.5. The zero-order valence-electron chi connectivity index (χ0n) is 16.5. The van der Waals surface area contributed by atoms with Crippen LogP contribution in [-0.4, -0.2) is 18.0 Å². The first kappa shape index (κ1) is 19.5. The topological polar surface area (TPSA) is 71.7 Å². The summed E-state index contributed by atoms with van der Waals surface area (Å²) in [5.74, 6) is 3.05. The van der Waals surface area contributed by atoms with Crippen molar-refractivity contribution in [3.05, 3.63) is 83.1 Å². The Bertz CT molecular complexity index is 900. The van der Waals surface area contributed by atoms with Crippen molar-refractivity contribution >= 4 is 5.96 Å². The van der Waals surface area contributed by atoms with E-state index in [-0.39, 0.29) is 0 Å². The first-order chi connectivity index (χ1) is 13.6. The SMILES string of the molecule is CN=C(NCc1cccc(COc2ccccc2)c1)NCc1nc(C)c(C)o1. The van der Waals surface area contributed by atoms with Gasteiger partial charge in [0, 0.05) is 13.6 Å². The first-order valence-electron chi connectivity index (χ1n) is 9.27. The second-order valence-electron chi connectivity index (χ2n) is 6.45. The van der Waals surface area contributed by atoms with Crippen molar-refractivity contribution in [3.8, 4) is 5.75 Å². The molecule has 1 aromatic heterocycles. The molecule has 0 amide bonds. The lowest BCUT2D eigenvalue weighted by atomic mass is 10.1. The Hall–Kier alpha value is -3.28. The van der Waals surface area contributed by atoms with E-state index in [1.165, 1.54) is 0 Å². The molecule has 0 saturated heterocycles. The monoisotopic (exact) mass is 378 g/mol. The fourth-order valence-electron chi connectivity index (χ4n) is 2.69. The molecule has 3 rings (SSSR count). The van der Waals surface area contributed by atoms with E-state index in [0.717, 1.165) is 28.3 Å². The molecular formula is C22H26N4O2. The highest BCUT2D eigenvalue weighted by molar-refractivity contribution is 5.79. The molecule has 6 heteroatoms. The van der Waals surface area contributed by atoms with Crippen LogP contribution in [-0.2, 0) is 19.7 Å². The molecule has 0 unspecified atom stereocenters. The van der Waals surface area contributed by atoms with Crippen LogP contribution in [0, 0.1) is 13.8 Å². The normalized spacial score (nSPS) is 11.3. The van der Waals surface area contributed by atoms with Gasteiger partial charge in [-0.15, -0.1) is 0 Å². The average Bonchev–Trinajstić information content (AvgIpc) is 3.05. The van der Waals surface area contributed by atoms with E-state index in [4.69, 9.17) is 9.15 Å². The molecule has 1 heterocycles. The maximum absolute atomic E-state index is 5.82. The van der Waals surface area contributed by atoms with E-state index in [9.17, 15) is 0 Å². The van der Waals surface area contributed by atoms with Gasteiger partial charge in [0.05, 0.1) is 12.2 Å². The van der Waals surface area contributed by atoms with Gasteiger partial charge in [-0.2, -0.15) is 0 Å². The summed E-state index contributed by atoms with van der Waals surface area (Å²) in [6.45, 7) is 5.52. The van der Waals surface area contributed by atoms with E-state index in [0.29, 0.717) is 31.5 Å². The van der Waals surface area contributed by atoms with Crippen LogP contribution in [0.25, 0.3) is 0 Å². The second kappa shape index (κ2) is 9.60. The van der Waals surface area contributed by atoms with Gasteiger partial charge in [0.1, 0.15) is 18.1 Å². The molecule has 6 nitrogen and oxygen atoms in total. The van der Waals surface area contributed by atoms with E-state index in [2.05, 4.69) is 38.8 Å². The van der Waals surface area contributed by atoms with Gasteiger partial charge in [0.15, 0.2) is 5.96 Å². The maximum Gasteiger partial charge on any atom is 0.214 e. The Kier molecular flexibility index (Phi) is 6.68. The molecule has 0 radical (unpaired) electrons. The van der Waals surface area contributed by atoms with E-state index in [1.807, 2.05) is 50.2 Å². The third-order valence-electron chi connectivity index (χ3n) is 4.30. The lowest BCUT2D eigenvalue weighted by Crippen LogP contribution is -2.36. The van der Waals surface area contributed by atoms with E-state index >= 15 is 0 Å². The minimum atomic E-state index is 0.485. The number of aliphatic imine (C=N–C) groups is 1. The largest absolute Gasteiger partial charge is 0.489 e. The molecule has 2 aromatic carbocycles. The van der Waals surface area contributed by atoms with Crippen molar-refractivity contribution in [2.45, 2.75) is 33.5 Å². The summed E-state index contributed by atoms with van der Waals surface area (Å²) in [6.07, 6.45) is 0. The summed E-state index contributed by atoms with van der Waals surface area (Å²) >= 11 is 0. The fourth-order valence-corrected chi connectivity index (χ4v) is 2.69. The molecule has 0 aliphatic carbocycles. The summed E-state index contributed by atoms with van der Waals surface area (Å²) in [5, 5.41) is 6.52. The zero-order chi connectivity index (χ0) is 19.8. The Morgan fingerprint density at radius 1 is 1.00 bits per heavy atom. The summed E-state index contributed by atoms with van der Waals surface area (Å²) in [7, 11) is 1.74. The van der Waals surface area contributed by atoms with Crippen molar-refractivity contribution in [2.75, 3.05) is 7.05 Å². The number of oxazole rings is 1. The van der Waals surface area contributed by atoms with Crippen molar-refractivity contribution in [2.24, 2.45) is 4.99 Å². The molecule has 2 N–H and O–H groups in total. The van der Waals surface area contributed by atoms with Crippen molar-refractivity contribution in [1.82, 2.24) is 15.6 Å². The van der Waals surface area contributed by atoms with Gasteiger partial charge >= 0.3 is 0 Å². The van der Waals surface area contributed by atoms with Crippen LogP contribution in [0.2, 0.25) is 0 Å². The molecule has 0 aliphatic rings. The van der Waals surface area contributed by atoms with Crippen LogP contribution in [0.3, 0.4) is 0 Å². The molecule has 0 atom stereocenters. The summed E-state index contributed by atoms with van der Waals surface area (Å²) < 4.78 is 11.4. The quantitative estimate of drug-likeness (QED) is 0.484. The van der Waals surface area contributed by atoms with Crippen LogP contribution >= 0.6 is 0 Å². The van der Waals surface area contributed by atoms with Crippen LogP contribution in [0.5, 0.6) is 5.75 Å². The molecular weight excluding hydrogens is 352 g/mol. The number of nitrogens with zero attached hydrogens (tertiary/aromatic N) is 2. The Morgan fingerprint density at radius 2 is 1.75 bits per heavy atom. The third kappa shape index (κ3) is 5.61. The molecule has 146 valence electrons. The number of ether oxygens (including phenoxy) is 1. The number of aromatic nitrogens is 1. The van der Waals surface area contributed by atoms with Crippen molar-refractivity contribution in [3.63, 3.8) is 0 Å². The highest BCUT2D eigenvalue weighted by Crippen LogP contribution is 2.13. The molecule has 0 spiro atoms. The third-order valence-corrected chi connectivity index (χ3v) is 4.30. The summed E-state index contributed by atoms with van der Waals surface area (Å²) in [4.78, 5) is 8.61. The lowest BCUT2D eigenvalue weighted by molar-refractivity contribution is 0.306. The molecule has 0 aliphatic heterocycles. The number of aryl methyl sites for hydroxylation is 2. The molecule has 0 saturated carbocycles. The van der Waals surface area contributed by atoms with Gasteiger partial charge in [-0.25, -0.2) is 4.98 Å². The number of hydrogen-bond acceptors (Lipinski definition) is 4. The van der Waals surface area contributed by atoms with Crippen LogP contribution in [0.1, 0.15) is 28.5 Å². The van der Waals surface area contributed by atoms with E-state index < -0.39 is 0 Å². The minimum absolute atomic E-state index is 0.485. The Balaban J connectivity index is 1.50. The minimum Gasteiger partial charge on any atom is -0.489 e. The van der Waals surface area contributed by atoms with Crippen LogP contribution in [0.4, 0.5) is 0 Å². The molecule has 0 fully saturated rings. The van der Waals surface area contributed by atoms with Gasteiger partial charge in [0.2, 0.25) is 5.89 Å². The van der Waals surface area contributed by atoms with Crippen LogP contribution < -0.4 is 15.4 Å². The number of hydrogen-bond donors (Lipinski definition) is 2. The molecule has 0 bridgehead atoms. The van der Waals surface area contributed by atoms with Gasteiger partial charge in [-0.3, -0.25) is 4.99 Å². The highest BCUT2D eigenvalue weighted by Gasteiger charge is 2.06. The molecule has 3 aromatic rings. The maximum atomic E-state index is 5.82. The average molecular weight is 378 g/mol. The number of nitrogens with one attached hydrogen (secondary N) is 2. The standard InChI is InChI=1S/C22H26N4O2/c1-16-17(2)28-21(26-16)14-25-22(23-3)24-13-18-8-7-9-19(12-18)15-27-20-10-5-4-6-11-20/h4-12H,13-15H2,1-3H3,(H2,23,24,25). The summed E-state index contributed by atoms with van der Waals surface area (Å²) in [6, 6.07) is 18.1. The molecule has 28 heavy (non-hydrogen) atoms. The first-order valence-corrected chi connectivity index (χ1v) is 9.27.